The van der Waals surface area contributed by atoms with E-state index in [9.17, 15) is 0 Å². The molecule has 3 heterocycles. The zero-order chi connectivity index (χ0) is 12.4. The molecular formula is C12H15BrN4O. The lowest BCUT2D eigenvalue weighted by Gasteiger charge is -2.14. The van der Waals surface area contributed by atoms with E-state index in [4.69, 9.17) is 4.74 Å². The summed E-state index contributed by atoms with van der Waals surface area (Å²) in [4.78, 5) is 11.0. The first-order valence-electron chi connectivity index (χ1n) is 6.17. The number of halogens is 1. The molecule has 0 spiro atoms. The predicted octanol–water partition coefficient (Wildman–Crippen LogP) is 1.97. The van der Waals surface area contributed by atoms with Gasteiger partial charge in [0, 0.05) is 25.1 Å². The molecule has 3 rings (SSSR count). The lowest BCUT2D eigenvalue weighted by atomic mass is 10.4. The maximum atomic E-state index is 5.75. The molecule has 0 bridgehead atoms. The van der Waals surface area contributed by atoms with Gasteiger partial charge in [0.25, 0.3) is 5.88 Å². The maximum absolute atomic E-state index is 5.75. The Morgan fingerprint density at radius 2 is 2.17 bits per heavy atom. The normalized spacial score (nSPS) is 16.5. The van der Waals surface area contributed by atoms with Gasteiger partial charge in [-0.2, -0.15) is 0 Å². The Kier molecular flexibility index (Phi) is 3.47. The average molecular weight is 311 g/mol. The van der Waals surface area contributed by atoms with Crippen molar-refractivity contribution in [2.24, 2.45) is 0 Å². The molecule has 5 nitrogen and oxygen atoms in total. The third kappa shape index (κ3) is 2.49. The van der Waals surface area contributed by atoms with Crippen molar-refractivity contribution in [3.8, 4) is 5.88 Å². The van der Waals surface area contributed by atoms with E-state index in [1.54, 1.807) is 6.20 Å². The molecule has 96 valence electrons. The first-order chi connectivity index (χ1) is 8.83. The van der Waals surface area contributed by atoms with E-state index in [1.165, 1.54) is 25.9 Å². The third-order valence-electron chi connectivity index (χ3n) is 3.16. The average Bonchev–Trinajstić information content (AvgIpc) is 2.98. The lowest BCUT2D eigenvalue weighted by molar-refractivity contribution is 0.233. The maximum Gasteiger partial charge on any atom is 0.259 e. The number of hydrogen-bond acceptors (Lipinski definition) is 4. The number of nitrogens with zero attached hydrogens (tertiary/aromatic N) is 4. The van der Waals surface area contributed by atoms with Crippen molar-refractivity contribution >= 4 is 21.6 Å². The highest BCUT2D eigenvalue weighted by molar-refractivity contribution is 9.10. The number of imidazole rings is 1. The van der Waals surface area contributed by atoms with Crippen LogP contribution in [0.1, 0.15) is 12.8 Å². The van der Waals surface area contributed by atoms with Crippen molar-refractivity contribution in [2.75, 3.05) is 26.2 Å². The van der Waals surface area contributed by atoms with Crippen LogP contribution in [-0.2, 0) is 0 Å². The summed E-state index contributed by atoms with van der Waals surface area (Å²) < 4.78 is 8.41. The second-order valence-corrected chi connectivity index (χ2v) is 5.24. The van der Waals surface area contributed by atoms with Gasteiger partial charge in [0.1, 0.15) is 11.2 Å². The number of likely N-dealkylation sites (tertiary alicyclic amines) is 1. The van der Waals surface area contributed by atoms with E-state index < -0.39 is 0 Å². The summed E-state index contributed by atoms with van der Waals surface area (Å²) in [6, 6.07) is 0. The van der Waals surface area contributed by atoms with Crippen LogP contribution in [0.5, 0.6) is 5.88 Å². The van der Waals surface area contributed by atoms with Gasteiger partial charge >= 0.3 is 0 Å². The van der Waals surface area contributed by atoms with Crippen LogP contribution >= 0.6 is 15.9 Å². The minimum Gasteiger partial charge on any atom is -0.474 e. The molecular weight excluding hydrogens is 296 g/mol. The van der Waals surface area contributed by atoms with Crippen LogP contribution in [0.25, 0.3) is 5.65 Å². The fourth-order valence-electron chi connectivity index (χ4n) is 2.25. The third-order valence-corrected chi connectivity index (χ3v) is 3.54. The van der Waals surface area contributed by atoms with E-state index in [-0.39, 0.29) is 0 Å². The molecule has 18 heavy (non-hydrogen) atoms. The molecule has 0 aliphatic carbocycles. The standard InChI is InChI=1S/C12H15BrN4O/c13-10-9-17-6-3-14-11(17)12(15-10)18-8-7-16-4-1-2-5-16/h3,6,9H,1-2,4-5,7-8H2. The fraction of sp³-hybridized carbons (Fsp3) is 0.500. The van der Waals surface area contributed by atoms with Crippen molar-refractivity contribution in [3.05, 3.63) is 23.2 Å². The summed E-state index contributed by atoms with van der Waals surface area (Å²) in [5, 5.41) is 0. The molecule has 0 amide bonds. The van der Waals surface area contributed by atoms with Crippen molar-refractivity contribution in [3.63, 3.8) is 0 Å². The summed E-state index contributed by atoms with van der Waals surface area (Å²) in [7, 11) is 0. The second kappa shape index (κ2) is 5.24. The van der Waals surface area contributed by atoms with Gasteiger partial charge in [-0.05, 0) is 41.9 Å². The highest BCUT2D eigenvalue weighted by Gasteiger charge is 2.12. The van der Waals surface area contributed by atoms with E-state index in [1.807, 2.05) is 16.8 Å². The molecule has 6 heteroatoms. The largest absolute Gasteiger partial charge is 0.474 e. The molecule has 0 N–H and O–H groups in total. The summed E-state index contributed by atoms with van der Waals surface area (Å²) in [6.45, 7) is 4.00. The molecule has 2 aromatic rings. The molecule has 1 saturated heterocycles. The number of rotatable bonds is 4. The number of ether oxygens (including phenoxy) is 1. The number of hydrogen-bond donors (Lipinski definition) is 0. The molecule has 0 atom stereocenters. The van der Waals surface area contributed by atoms with Gasteiger partial charge < -0.3 is 4.74 Å². The minimum atomic E-state index is 0.591. The van der Waals surface area contributed by atoms with Crippen LogP contribution in [0.15, 0.2) is 23.2 Å². The highest BCUT2D eigenvalue weighted by Crippen LogP contribution is 2.19. The van der Waals surface area contributed by atoms with Gasteiger partial charge in [0.15, 0.2) is 0 Å². The first kappa shape index (κ1) is 11.9. The molecule has 2 aromatic heterocycles. The van der Waals surface area contributed by atoms with Crippen LogP contribution in [0, 0.1) is 0 Å². The zero-order valence-electron chi connectivity index (χ0n) is 10.0. The van der Waals surface area contributed by atoms with Crippen LogP contribution in [0.4, 0.5) is 0 Å². The Morgan fingerprint density at radius 1 is 1.33 bits per heavy atom. The Morgan fingerprint density at radius 3 is 3.00 bits per heavy atom. The number of fused-ring (bicyclic) bond motifs is 1. The van der Waals surface area contributed by atoms with Gasteiger partial charge in [0.2, 0.25) is 5.65 Å². The van der Waals surface area contributed by atoms with E-state index in [0.717, 1.165) is 16.8 Å². The van der Waals surface area contributed by atoms with E-state index in [0.29, 0.717) is 12.5 Å². The Balaban J connectivity index is 1.67. The quantitative estimate of drug-likeness (QED) is 0.866. The van der Waals surface area contributed by atoms with Gasteiger partial charge in [-0.25, -0.2) is 9.97 Å². The van der Waals surface area contributed by atoms with Crippen molar-refractivity contribution in [1.82, 2.24) is 19.3 Å². The minimum absolute atomic E-state index is 0.591. The SMILES string of the molecule is Brc1cn2ccnc2c(OCCN2CCCC2)n1. The summed E-state index contributed by atoms with van der Waals surface area (Å²) in [5.41, 5.74) is 0.764. The molecule has 0 aromatic carbocycles. The zero-order valence-corrected chi connectivity index (χ0v) is 11.6. The Bertz CT molecular complexity index is 536. The van der Waals surface area contributed by atoms with Gasteiger partial charge in [-0.1, -0.05) is 0 Å². The van der Waals surface area contributed by atoms with Crippen LogP contribution in [-0.4, -0.2) is 45.5 Å². The molecule has 1 aliphatic rings. The topological polar surface area (TPSA) is 42.7 Å². The molecule has 0 radical (unpaired) electrons. The fourth-order valence-corrected chi connectivity index (χ4v) is 2.63. The Labute approximate surface area is 114 Å². The molecule has 1 aliphatic heterocycles. The predicted molar refractivity (Wildman–Crippen MR) is 71.9 cm³/mol. The molecule has 0 saturated carbocycles. The van der Waals surface area contributed by atoms with Crippen LogP contribution in [0.3, 0.4) is 0 Å². The van der Waals surface area contributed by atoms with Crippen LogP contribution in [0.2, 0.25) is 0 Å². The van der Waals surface area contributed by atoms with Crippen molar-refractivity contribution < 1.29 is 4.74 Å². The Hall–Kier alpha value is -1.14. The number of aromatic nitrogens is 3. The van der Waals surface area contributed by atoms with Gasteiger partial charge in [0.05, 0.1) is 0 Å². The lowest BCUT2D eigenvalue weighted by Crippen LogP contribution is -2.25. The highest BCUT2D eigenvalue weighted by atomic mass is 79.9. The summed E-state index contributed by atoms with van der Waals surface area (Å²) in [5.74, 6) is 0.591. The van der Waals surface area contributed by atoms with Crippen molar-refractivity contribution in [2.45, 2.75) is 12.8 Å². The van der Waals surface area contributed by atoms with Crippen molar-refractivity contribution in [1.29, 1.82) is 0 Å². The van der Waals surface area contributed by atoms with Crippen LogP contribution < -0.4 is 4.74 Å². The molecule has 1 fully saturated rings. The second-order valence-electron chi connectivity index (χ2n) is 4.42. The molecule has 0 unspecified atom stereocenters. The summed E-state index contributed by atoms with van der Waals surface area (Å²) in [6.07, 6.45) is 8.11. The van der Waals surface area contributed by atoms with Gasteiger partial charge in [-0.15, -0.1) is 0 Å². The summed E-state index contributed by atoms with van der Waals surface area (Å²) >= 11 is 3.38. The van der Waals surface area contributed by atoms with E-state index >= 15 is 0 Å². The first-order valence-corrected chi connectivity index (χ1v) is 6.96. The van der Waals surface area contributed by atoms with Gasteiger partial charge in [-0.3, -0.25) is 9.30 Å². The monoisotopic (exact) mass is 310 g/mol. The smallest absolute Gasteiger partial charge is 0.259 e. The van der Waals surface area contributed by atoms with E-state index in [2.05, 4.69) is 30.8 Å².